The summed E-state index contributed by atoms with van der Waals surface area (Å²) < 4.78 is 5.05. The number of ether oxygens (including phenoxy) is 1. The third kappa shape index (κ3) is 3.63. The number of benzene rings is 2. The van der Waals surface area contributed by atoms with E-state index in [1.807, 2.05) is 0 Å². The summed E-state index contributed by atoms with van der Waals surface area (Å²) in [5, 5.41) is 2.79. The molecule has 2 aromatic carbocycles. The lowest BCUT2D eigenvalue weighted by Gasteiger charge is -2.11. The topological polar surface area (TPSA) is 58.6 Å². The van der Waals surface area contributed by atoms with Crippen LogP contribution in [-0.4, -0.2) is 37.9 Å². The van der Waals surface area contributed by atoms with Crippen LogP contribution >= 0.6 is 0 Å². The Morgan fingerprint density at radius 3 is 1.95 bits per heavy atom. The molecule has 0 saturated heterocycles. The number of rotatable bonds is 4. The molecule has 5 nitrogen and oxygen atoms in total. The molecule has 0 radical (unpaired) electrons. The molecule has 22 heavy (non-hydrogen) atoms. The Bertz CT molecular complexity index is 661. The maximum atomic E-state index is 12.1. The zero-order chi connectivity index (χ0) is 16.1. The van der Waals surface area contributed by atoms with Crippen LogP contribution in [0.4, 0.5) is 5.69 Å². The van der Waals surface area contributed by atoms with Crippen molar-refractivity contribution in [1.29, 1.82) is 0 Å². The summed E-state index contributed by atoms with van der Waals surface area (Å²) in [6, 6.07) is 13.6. The summed E-state index contributed by atoms with van der Waals surface area (Å²) in [7, 11) is 4.97. The highest BCUT2D eigenvalue weighted by Crippen LogP contribution is 2.15. The van der Waals surface area contributed by atoms with Crippen LogP contribution in [0.15, 0.2) is 48.5 Å². The van der Waals surface area contributed by atoms with Gasteiger partial charge in [0, 0.05) is 30.9 Å². The van der Waals surface area contributed by atoms with Crippen molar-refractivity contribution in [3.63, 3.8) is 0 Å². The smallest absolute Gasteiger partial charge is 0.255 e. The van der Waals surface area contributed by atoms with Gasteiger partial charge < -0.3 is 15.0 Å². The van der Waals surface area contributed by atoms with E-state index in [4.69, 9.17) is 4.74 Å². The molecule has 0 aliphatic heterocycles. The largest absolute Gasteiger partial charge is 0.497 e. The van der Waals surface area contributed by atoms with Crippen LogP contribution in [0, 0.1) is 0 Å². The lowest BCUT2D eigenvalue weighted by Crippen LogP contribution is -2.21. The number of hydrogen-bond donors (Lipinski definition) is 1. The molecule has 5 heteroatoms. The lowest BCUT2D eigenvalue weighted by atomic mass is 10.1. The Hall–Kier alpha value is -2.82. The zero-order valence-corrected chi connectivity index (χ0v) is 12.8. The monoisotopic (exact) mass is 298 g/mol. The Morgan fingerprint density at radius 2 is 1.45 bits per heavy atom. The van der Waals surface area contributed by atoms with Gasteiger partial charge >= 0.3 is 0 Å². The quantitative estimate of drug-likeness (QED) is 0.944. The summed E-state index contributed by atoms with van der Waals surface area (Å²) in [5.41, 5.74) is 1.75. The van der Waals surface area contributed by atoms with Crippen molar-refractivity contribution in [3.05, 3.63) is 59.7 Å². The fraction of sp³-hybridized carbons (Fsp3) is 0.176. The van der Waals surface area contributed by atoms with Crippen molar-refractivity contribution in [2.24, 2.45) is 0 Å². The zero-order valence-electron chi connectivity index (χ0n) is 12.8. The molecule has 0 heterocycles. The summed E-state index contributed by atoms with van der Waals surface area (Å²) in [5.74, 6) is 0.408. The molecule has 0 unspecified atom stereocenters. The molecule has 0 atom stereocenters. The van der Waals surface area contributed by atoms with E-state index < -0.39 is 0 Å². The average molecular weight is 298 g/mol. The number of hydrogen-bond acceptors (Lipinski definition) is 3. The summed E-state index contributed by atoms with van der Waals surface area (Å²) in [6.07, 6.45) is 0. The van der Waals surface area contributed by atoms with Gasteiger partial charge in [0.05, 0.1) is 7.11 Å². The van der Waals surface area contributed by atoms with Gasteiger partial charge in [-0.1, -0.05) is 0 Å². The van der Waals surface area contributed by atoms with Crippen LogP contribution in [0.25, 0.3) is 0 Å². The van der Waals surface area contributed by atoms with E-state index in [1.54, 1.807) is 69.7 Å². The average Bonchev–Trinajstić information content (AvgIpc) is 2.54. The summed E-state index contributed by atoms with van der Waals surface area (Å²) in [6.45, 7) is 0. The number of carbonyl (C=O) groups is 2. The highest BCUT2D eigenvalue weighted by atomic mass is 16.5. The van der Waals surface area contributed by atoms with E-state index in [9.17, 15) is 9.59 Å². The number of nitrogens with one attached hydrogen (secondary N) is 1. The minimum atomic E-state index is -0.214. The normalized spacial score (nSPS) is 9.95. The van der Waals surface area contributed by atoms with Crippen molar-refractivity contribution in [2.45, 2.75) is 0 Å². The first kappa shape index (κ1) is 15.6. The van der Waals surface area contributed by atoms with Crippen LogP contribution in [0.3, 0.4) is 0 Å². The number of amides is 2. The third-order valence-corrected chi connectivity index (χ3v) is 3.15. The molecule has 0 saturated carbocycles. The van der Waals surface area contributed by atoms with E-state index in [0.29, 0.717) is 22.6 Å². The van der Waals surface area contributed by atoms with Gasteiger partial charge in [-0.25, -0.2) is 0 Å². The minimum absolute atomic E-state index is 0.0759. The van der Waals surface area contributed by atoms with E-state index in [1.165, 1.54) is 4.90 Å². The molecule has 2 aromatic rings. The molecule has 2 amide bonds. The van der Waals surface area contributed by atoms with Gasteiger partial charge in [0.15, 0.2) is 0 Å². The minimum Gasteiger partial charge on any atom is -0.497 e. The maximum absolute atomic E-state index is 12.1. The van der Waals surface area contributed by atoms with Gasteiger partial charge in [0.25, 0.3) is 11.8 Å². The lowest BCUT2D eigenvalue weighted by molar-refractivity contribution is 0.0827. The van der Waals surface area contributed by atoms with E-state index in [0.717, 1.165) is 0 Å². The standard InChI is InChI=1S/C17H18N2O3/c1-19(2)17(21)13-4-8-14(9-5-13)18-16(20)12-6-10-15(22-3)11-7-12/h4-11H,1-3H3,(H,18,20). The second-order valence-electron chi connectivity index (χ2n) is 4.96. The van der Waals surface area contributed by atoms with Gasteiger partial charge in [-0.3, -0.25) is 9.59 Å². The van der Waals surface area contributed by atoms with Gasteiger partial charge in [-0.05, 0) is 48.5 Å². The molecule has 2 rings (SSSR count). The summed E-state index contributed by atoms with van der Waals surface area (Å²) in [4.78, 5) is 25.4. The summed E-state index contributed by atoms with van der Waals surface area (Å²) >= 11 is 0. The first-order valence-corrected chi connectivity index (χ1v) is 6.78. The molecule has 0 aromatic heterocycles. The first-order chi connectivity index (χ1) is 10.5. The maximum Gasteiger partial charge on any atom is 0.255 e. The molecule has 0 spiro atoms. The van der Waals surface area contributed by atoms with Gasteiger partial charge in [0.1, 0.15) is 5.75 Å². The molecular weight excluding hydrogens is 280 g/mol. The van der Waals surface area contributed by atoms with Crippen LogP contribution in [0.2, 0.25) is 0 Å². The SMILES string of the molecule is COc1ccc(C(=O)Nc2ccc(C(=O)N(C)C)cc2)cc1. The predicted molar refractivity (Wildman–Crippen MR) is 85.4 cm³/mol. The second-order valence-corrected chi connectivity index (χ2v) is 4.96. The van der Waals surface area contributed by atoms with Crippen LogP contribution < -0.4 is 10.1 Å². The highest BCUT2D eigenvalue weighted by molar-refractivity contribution is 6.04. The first-order valence-electron chi connectivity index (χ1n) is 6.78. The molecule has 0 bridgehead atoms. The van der Waals surface area contributed by atoms with Crippen LogP contribution in [0.5, 0.6) is 5.75 Å². The fourth-order valence-corrected chi connectivity index (χ4v) is 1.90. The third-order valence-electron chi connectivity index (χ3n) is 3.15. The van der Waals surface area contributed by atoms with E-state index in [-0.39, 0.29) is 11.8 Å². The predicted octanol–water partition coefficient (Wildman–Crippen LogP) is 2.65. The number of carbonyl (C=O) groups excluding carboxylic acids is 2. The van der Waals surface area contributed by atoms with Crippen molar-refractivity contribution >= 4 is 17.5 Å². The Kier molecular flexibility index (Phi) is 4.78. The molecule has 114 valence electrons. The van der Waals surface area contributed by atoms with Gasteiger partial charge in [0.2, 0.25) is 0 Å². The van der Waals surface area contributed by atoms with Crippen molar-refractivity contribution in [1.82, 2.24) is 4.90 Å². The van der Waals surface area contributed by atoms with Gasteiger partial charge in [-0.15, -0.1) is 0 Å². The van der Waals surface area contributed by atoms with Crippen LogP contribution in [-0.2, 0) is 0 Å². The molecule has 0 aliphatic carbocycles. The number of methoxy groups -OCH3 is 1. The van der Waals surface area contributed by atoms with Gasteiger partial charge in [-0.2, -0.15) is 0 Å². The Morgan fingerprint density at radius 1 is 0.909 bits per heavy atom. The van der Waals surface area contributed by atoms with E-state index in [2.05, 4.69) is 5.32 Å². The Labute approximate surface area is 129 Å². The Balaban J connectivity index is 2.06. The molecular formula is C17H18N2O3. The molecule has 1 N–H and O–H groups in total. The second kappa shape index (κ2) is 6.76. The molecule has 0 aliphatic rings. The van der Waals surface area contributed by atoms with Crippen molar-refractivity contribution in [3.8, 4) is 5.75 Å². The van der Waals surface area contributed by atoms with Crippen molar-refractivity contribution < 1.29 is 14.3 Å². The number of anilines is 1. The number of nitrogens with zero attached hydrogens (tertiary/aromatic N) is 1. The molecule has 0 fully saturated rings. The van der Waals surface area contributed by atoms with Crippen molar-refractivity contribution in [2.75, 3.05) is 26.5 Å². The highest BCUT2D eigenvalue weighted by Gasteiger charge is 2.09. The fourth-order valence-electron chi connectivity index (χ4n) is 1.90. The van der Waals surface area contributed by atoms with E-state index >= 15 is 0 Å². The van der Waals surface area contributed by atoms with Crippen LogP contribution in [0.1, 0.15) is 20.7 Å².